The summed E-state index contributed by atoms with van der Waals surface area (Å²) in [7, 11) is 1.91. The standard InChI is InChI=1S/C10H17N/c1-8(9(2)11-3)10-6-4-5-7-10/h10-11H,1-2,4-7H2,3H3. The lowest BCUT2D eigenvalue weighted by atomic mass is 9.97. The fourth-order valence-electron chi connectivity index (χ4n) is 1.68. The lowest BCUT2D eigenvalue weighted by molar-refractivity contribution is 0.642. The van der Waals surface area contributed by atoms with E-state index in [1.165, 1.54) is 31.3 Å². The second-order valence-electron chi connectivity index (χ2n) is 3.24. The molecule has 62 valence electrons. The largest absolute Gasteiger partial charge is 0.388 e. The van der Waals surface area contributed by atoms with Crippen LogP contribution in [0.3, 0.4) is 0 Å². The van der Waals surface area contributed by atoms with E-state index >= 15 is 0 Å². The van der Waals surface area contributed by atoms with Crippen molar-refractivity contribution >= 4 is 0 Å². The van der Waals surface area contributed by atoms with Gasteiger partial charge in [-0.3, -0.25) is 0 Å². The van der Waals surface area contributed by atoms with Gasteiger partial charge in [0.05, 0.1) is 0 Å². The van der Waals surface area contributed by atoms with Gasteiger partial charge in [0.15, 0.2) is 0 Å². The minimum absolute atomic E-state index is 0.704. The molecule has 0 atom stereocenters. The molecule has 0 aliphatic heterocycles. The molecule has 1 N–H and O–H groups in total. The van der Waals surface area contributed by atoms with E-state index in [0.717, 1.165) is 5.70 Å². The number of allylic oxidation sites excluding steroid dienone is 1. The predicted molar refractivity (Wildman–Crippen MR) is 49.3 cm³/mol. The van der Waals surface area contributed by atoms with Crippen LogP contribution < -0.4 is 5.32 Å². The van der Waals surface area contributed by atoms with E-state index in [4.69, 9.17) is 0 Å². The summed E-state index contributed by atoms with van der Waals surface area (Å²) in [5.41, 5.74) is 2.22. The molecule has 0 unspecified atom stereocenters. The molecule has 1 aliphatic rings. The van der Waals surface area contributed by atoms with Gasteiger partial charge < -0.3 is 5.32 Å². The summed E-state index contributed by atoms with van der Waals surface area (Å²) in [5.74, 6) is 0.704. The van der Waals surface area contributed by atoms with Gasteiger partial charge in [0, 0.05) is 12.7 Å². The topological polar surface area (TPSA) is 12.0 Å². The van der Waals surface area contributed by atoms with Crippen molar-refractivity contribution in [3.63, 3.8) is 0 Å². The molecule has 0 heterocycles. The molecule has 1 saturated carbocycles. The average molecular weight is 151 g/mol. The second-order valence-corrected chi connectivity index (χ2v) is 3.24. The third kappa shape index (κ3) is 1.86. The van der Waals surface area contributed by atoms with Crippen LogP contribution in [0.1, 0.15) is 25.7 Å². The monoisotopic (exact) mass is 151 g/mol. The summed E-state index contributed by atoms with van der Waals surface area (Å²) in [6.07, 6.45) is 5.33. The van der Waals surface area contributed by atoms with Crippen molar-refractivity contribution in [3.05, 3.63) is 24.4 Å². The fourth-order valence-corrected chi connectivity index (χ4v) is 1.68. The zero-order valence-corrected chi connectivity index (χ0v) is 7.32. The highest BCUT2D eigenvalue weighted by atomic mass is 14.8. The maximum Gasteiger partial charge on any atom is 0.0293 e. The first kappa shape index (κ1) is 8.38. The SMILES string of the molecule is C=C(NC)C(=C)C1CCCC1. The Morgan fingerprint density at radius 2 is 1.82 bits per heavy atom. The van der Waals surface area contributed by atoms with Crippen LogP contribution in [0.25, 0.3) is 0 Å². The van der Waals surface area contributed by atoms with Crippen LogP contribution in [0, 0.1) is 5.92 Å². The maximum atomic E-state index is 4.05. The summed E-state index contributed by atoms with van der Waals surface area (Å²) >= 11 is 0. The number of likely N-dealkylation sites (N-methyl/N-ethyl adjacent to an activating group) is 1. The molecular weight excluding hydrogens is 134 g/mol. The summed E-state index contributed by atoms with van der Waals surface area (Å²) in [6, 6.07) is 0. The van der Waals surface area contributed by atoms with Gasteiger partial charge in [-0.2, -0.15) is 0 Å². The third-order valence-corrected chi connectivity index (χ3v) is 2.54. The first-order valence-corrected chi connectivity index (χ1v) is 4.31. The van der Waals surface area contributed by atoms with E-state index in [2.05, 4.69) is 18.5 Å². The van der Waals surface area contributed by atoms with E-state index in [1.54, 1.807) is 0 Å². The molecule has 1 nitrogen and oxygen atoms in total. The van der Waals surface area contributed by atoms with Gasteiger partial charge >= 0.3 is 0 Å². The minimum atomic E-state index is 0.704. The highest BCUT2D eigenvalue weighted by molar-refractivity contribution is 5.26. The Bertz CT molecular complexity index is 164. The van der Waals surface area contributed by atoms with Gasteiger partial charge in [-0.25, -0.2) is 0 Å². The van der Waals surface area contributed by atoms with Crippen molar-refractivity contribution in [2.24, 2.45) is 5.92 Å². The molecule has 0 radical (unpaired) electrons. The lowest BCUT2D eigenvalue weighted by Gasteiger charge is -2.14. The number of hydrogen-bond donors (Lipinski definition) is 1. The Morgan fingerprint density at radius 3 is 2.27 bits per heavy atom. The van der Waals surface area contributed by atoms with Crippen LogP contribution in [0.4, 0.5) is 0 Å². The maximum absolute atomic E-state index is 4.05. The minimum Gasteiger partial charge on any atom is -0.388 e. The summed E-state index contributed by atoms with van der Waals surface area (Å²) in [6.45, 7) is 7.95. The quantitative estimate of drug-likeness (QED) is 0.611. The Labute approximate surface area is 69.2 Å². The van der Waals surface area contributed by atoms with Gasteiger partial charge in [0.2, 0.25) is 0 Å². The number of nitrogens with one attached hydrogen (secondary N) is 1. The molecule has 0 amide bonds. The van der Waals surface area contributed by atoms with Gasteiger partial charge in [-0.15, -0.1) is 0 Å². The molecule has 1 aliphatic carbocycles. The predicted octanol–water partition coefficient (Wildman–Crippen LogP) is 2.47. The summed E-state index contributed by atoms with van der Waals surface area (Å²) in [4.78, 5) is 0. The highest BCUT2D eigenvalue weighted by Crippen LogP contribution is 2.32. The van der Waals surface area contributed by atoms with Crippen molar-refractivity contribution in [2.45, 2.75) is 25.7 Å². The van der Waals surface area contributed by atoms with Gasteiger partial charge in [-0.05, 0) is 24.3 Å². The zero-order chi connectivity index (χ0) is 8.27. The van der Waals surface area contributed by atoms with Crippen molar-refractivity contribution in [1.82, 2.24) is 5.32 Å². The Hall–Kier alpha value is -0.720. The first-order valence-electron chi connectivity index (χ1n) is 4.31. The molecule has 0 bridgehead atoms. The van der Waals surface area contributed by atoms with E-state index in [-0.39, 0.29) is 0 Å². The Morgan fingerprint density at radius 1 is 1.27 bits per heavy atom. The smallest absolute Gasteiger partial charge is 0.0293 e. The molecular formula is C10H17N. The molecule has 0 aromatic heterocycles. The van der Waals surface area contributed by atoms with E-state index in [1.807, 2.05) is 7.05 Å². The van der Waals surface area contributed by atoms with Crippen LogP contribution in [0.5, 0.6) is 0 Å². The van der Waals surface area contributed by atoms with Crippen LogP contribution in [0.2, 0.25) is 0 Å². The van der Waals surface area contributed by atoms with Crippen molar-refractivity contribution in [2.75, 3.05) is 7.05 Å². The van der Waals surface area contributed by atoms with Gasteiger partial charge in [0.1, 0.15) is 0 Å². The van der Waals surface area contributed by atoms with Gasteiger partial charge in [-0.1, -0.05) is 26.0 Å². The van der Waals surface area contributed by atoms with Crippen LogP contribution in [-0.4, -0.2) is 7.05 Å². The lowest BCUT2D eigenvalue weighted by Crippen LogP contribution is -2.11. The van der Waals surface area contributed by atoms with E-state index < -0.39 is 0 Å². The zero-order valence-electron chi connectivity index (χ0n) is 7.32. The first-order chi connectivity index (χ1) is 5.25. The molecule has 1 heteroatoms. The van der Waals surface area contributed by atoms with Crippen LogP contribution in [-0.2, 0) is 0 Å². The average Bonchev–Trinajstić information content (AvgIpc) is 2.53. The van der Waals surface area contributed by atoms with Crippen molar-refractivity contribution in [1.29, 1.82) is 0 Å². The normalized spacial score (nSPS) is 18.3. The third-order valence-electron chi connectivity index (χ3n) is 2.54. The molecule has 0 saturated heterocycles. The molecule has 1 fully saturated rings. The highest BCUT2D eigenvalue weighted by Gasteiger charge is 2.18. The van der Waals surface area contributed by atoms with E-state index in [9.17, 15) is 0 Å². The summed E-state index contributed by atoms with van der Waals surface area (Å²) in [5, 5.41) is 3.05. The Balaban J connectivity index is 2.46. The molecule has 0 spiro atoms. The second kappa shape index (κ2) is 3.61. The van der Waals surface area contributed by atoms with Gasteiger partial charge in [0.25, 0.3) is 0 Å². The van der Waals surface area contributed by atoms with E-state index in [0.29, 0.717) is 5.92 Å². The summed E-state index contributed by atoms with van der Waals surface area (Å²) < 4.78 is 0. The number of rotatable bonds is 3. The number of hydrogen-bond acceptors (Lipinski definition) is 1. The fraction of sp³-hybridized carbons (Fsp3) is 0.600. The molecule has 1 rings (SSSR count). The van der Waals surface area contributed by atoms with Crippen LogP contribution >= 0.6 is 0 Å². The molecule has 0 aromatic carbocycles. The van der Waals surface area contributed by atoms with Crippen molar-refractivity contribution < 1.29 is 0 Å². The Kier molecular flexibility index (Phi) is 2.75. The molecule has 11 heavy (non-hydrogen) atoms. The molecule has 0 aromatic rings. The van der Waals surface area contributed by atoms with Crippen molar-refractivity contribution in [3.8, 4) is 0 Å². The van der Waals surface area contributed by atoms with Crippen LogP contribution in [0.15, 0.2) is 24.4 Å².